The van der Waals surface area contributed by atoms with E-state index < -0.39 is 11.9 Å². The number of carbonyl (C=O) groups is 1. The van der Waals surface area contributed by atoms with Crippen molar-refractivity contribution in [3.8, 4) is 0 Å². The summed E-state index contributed by atoms with van der Waals surface area (Å²) in [7, 11) is 0. The molecule has 0 fully saturated rings. The zero-order valence-electron chi connectivity index (χ0n) is 10.5. The number of hydrogen-bond acceptors (Lipinski definition) is 5. The third-order valence-electron chi connectivity index (χ3n) is 3.38. The summed E-state index contributed by atoms with van der Waals surface area (Å²) in [5, 5.41) is 15.3. The molecule has 0 aromatic carbocycles. The number of hydrogen-bond donors (Lipinski definition) is 2. The Balaban J connectivity index is 1.72. The lowest BCUT2D eigenvalue weighted by Crippen LogP contribution is -2.09. The summed E-state index contributed by atoms with van der Waals surface area (Å²) in [5.74, 6) is -1.17. The van der Waals surface area contributed by atoms with Crippen LogP contribution in [0.25, 0.3) is 0 Å². The topological polar surface area (TPSA) is 62.2 Å². The molecule has 0 spiro atoms. The van der Waals surface area contributed by atoms with E-state index in [-0.39, 0.29) is 0 Å². The van der Waals surface area contributed by atoms with Crippen molar-refractivity contribution >= 4 is 33.8 Å². The second-order valence-corrected chi connectivity index (χ2v) is 6.72. The summed E-state index contributed by atoms with van der Waals surface area (Å²) in [5.41, 5.74) is 2.05. The van der Waals surface area contributed by atoms with Crippen LogP contribution in [0.4, 0.5) is 5.13 Å². The van der Waals surface area contributed by atoms with Gasteiger partial charge in [0, 0.05) is 9.75 Å². The van der Waals surface area contributed by atoms with Gasteiger partial charge >= 0.3 is 5.97 Å². The molecule has 6 heteroatoms. The molecule has 100 valence electrons. The predicted octanol–water partition coefficient (Wildman–Crippen LogP) is 3.24. The van der Waals surface area contributed by atoms with Crippen LogP contribution in [0.3, 0.4) is 0 Å². The largest absolute Gasteiger partial charge is 0.481 e. The molecular formula is C13H14N2O2S2. The molecule has 1 atom stereocenters. The molecule has 0 saturated carbocycles. The SMILES string of the molecule is Cc1ccsc1CNc1nc2c(s1)CCC2C(=O)O. The Labute approximate surface area is 119 Å². The van der Waals surface area contributed by atoms with E-state index in [0.717, 1.165) is 28.7 Å². The van der Waals surface area contributed by atoms with Crippen LogP contribution >= 0.6 is 22.7 Å². The van der Waals surface area contributed by atoms with Crippen molar-refractivity contribution in [2.75, 3.05) is 5.32 Å². The normalized spacial score (nSPS) is 17.4. The van der Waals surface area contributed by atoms with Crippen molar-refractivity contribution in [3.05, 3.63) is 32.5 Å². The Morgan fingerprint density at radius 2 is 2.47 bits per heavy atom. The number of aromatic nitrogens is 1. The maximum Gasteiger partial charge on any atom is 0.312 e. The molecule has 0 bridgehead atoms. The highest BCUT2D eigenvalue weighted by Crippen LogP contribution is 2.38. The van der Waals surface area contributed by atoms with Gasteiger partial charge in [0.05, 0.1) is 12.2 Å². The molecule has 2 N–H and O–H groups in total. The van der Waals surface area contributed by atoms with Gasteiger partial charge < -0.3 is 10.4 Å². The van der Waals surface area contributed by atoms with E-state index in [1.807, 2.05) is 0 Å². The fraction of sp³-hybridized carbons (Fsp3) is 0.385. The van der Waals surface area contributed by atoms with Gasteiger partial charge in [0.1, 0.15) is 5.92 Å². The van der Waals surface area contributed by atoms with E-state index in [4.69, 9.17) is 5.11 Å². The van der Waals surface area contributed by atoms with Crippen LogP contribution in [0.15, 0.2) is 11.4 Å². The fourth-order valence-corrected chi connectivity index (χ4v) is 4.16. The van der Waals surface area contributed by atoms with Crippen LogP contribution in [0.5, 0.6) is 0 Å². The van der Waals surface area contributed by atoms with Crippen LogP contribution in [-0.4, -0.2) is 16.1 Å². The molecule has 2 aromatic rings. The number of thiophene rings is 1. The second-order valence-electron chi connectivity index (χ2n) is 4.64. The first-order chi connectivity index (χ1) is 9.15. The Hall–Kier alpha value is -1.40. The minimum atomic E-state index is -0.760. The van der Waals surface area contributed by atoms with Gasteiger partial charge in [0.15, 0.2) is 5.13 Å². The third-order valence-corrected chi connectivity index (χ3v) is 5.50. The van der Waals surface area contributed by atoms with Crippen molar-refractivity contribution in [2.24, 2.45) is 0 Å². The summed E-state index contributed by atoms with van der Waals surface area (Å²) in [6, 6.07) is 2.10. The zero-order chi connectivity index (χ0) is 13.4. The first kappa shape index (κ1) is 12.6. The molecule has 2 aromatic heterocycles. The average Bonchev–Trinajstić information content (AvgIpc) is 3.00. The van der Waals surface area contributed by atoms with Crippen molar-refractivity contribution in [1.29, 1.82) is 0 Å². The zero-order valence-corrected chi connectivity index (χ0v) is 12.1. The maximum absolute atomic E-state index is 11.1. The average molecular weight is 294 g/mol. The quantitative estimate of drug-likeness (QED) is 0.908. The van der Waals surface area contributed by atoms with Gasteiger partial charge in [-0.3, -0.25) is 4.79 Å². The Kier molecular flexibility index (Phi) is 3.28. The molecule has 0 radical (unpaired) electrons. The molecule has 0 aliphatic heterocycles. The number of carboxylic acids is 1. The van der Waals surface area contributed by atoms with Crippen LogP contribution in [0.1, 0.15) is 33.4 Å². The number of aryl methyl sites for hydroxylation is 2. The van der Waals surface area contributed by atoms with Crippen LogP contribution < -0.4 is 5.32 Å². The number of aliphatic carboxylic acids is 1. The van der Waals surface area contributed by atoms with E-state index in [1.54, 1.807) is 22.7 Å². The van der Waals surface area contributed by atoms with Crippen molar-refractivity contribution < 1.29 is 9.90 Å². The van der Waals surface area contributed by atoms with Crippen molar-refractivity contribution in [1.82, 2.24) is 4.98 Å². The van der Waals surface area contributed by atoms with E-state index in [0.29, 0.717) is 6.42 Å². The van der Waals surface area contributed by atoms with E-state index in [2.05, 4.69) is 28.7 Å². The summed E-state index contributed by atoms with van der Waals surface area (Å²) < 4.78 is 0. The lowest BCUT2D eigenvalue weighted by Gasteiger charge is -2.03. The lowest BCUT2D eigenvalue weighted by molar-refractivity contribution is -0.138. The van der Waals surface area contributed by atoms with E-state index >= 15 is 0 Å². The van der Waals surface area contributed by atoms with Crippen LogP contribution in [0, 0.1) is 6.92 Å². The molecule has 1 aliphatic rings. The van der Waals surface area contributed by atoms with Crippen LogP contribution in [0.2, 0.25) is 0 Å². The molecule has 19 heavy (non-hydrogen) atoms. The molecule has 4 nitrogen and oxygen atoms in total. The fourth-order valence-electron chi connectivity index (χ4n) is 2.28. The predicted molar refractivity (Wildman–Crippen MR) is 77.2 cm³/mol. The number of nitrogens with zero attached hydrogens (tertiary/aromatic N) is 1. The summed E-state index contributed by atoms with van der Waals surface area (Å²) >= 11 is 3.32. The maximum atomic E-state index is 11.1. The van der Waals surface area contributed by atoms with Gasteiger partial charge in [-0.05, 0) is 36.8 Å². The first-order valence-electron chi connectivity index (χ1n) is 6.14. The number of rotatable bonds is 4. The molecular weight excluding hydrogens is 280 g/mol. The van der Waals surface area contributed by atoms with Crippen molar-refractivity contribution in [3.63, 3.8) is 0 Å². The molecule has 1 aliphatic carbocycles. The number of fused-ring (bicyclic) bond motifs is 1. The second kappa shape index (κ2) is 4.94. The van der Waals surface area contributed by atoms with E-state index in [9.17, 15) is 4.79 Å². The molecule has 2 heterocycles. The molecule has 3 rings (SSSR count). The Bertz CT molecular complexity index is 618. The van der Waals surface area contributed by atoms with Gasteiger partial charge in [0.25, 0.3) is 0 Å². The Morgan fingerprint density at radius 1 is 1.63 bits per heavy atom. The van der Waals surface area contributed by atoms with Gasteiger partial charge in [-0.1, -0.05) is 0 Å². The summed E-state index contributed by atoms with van der Waals surface area (Å²) in [6.45, 7) is 2.85. The van der Waals surface area contributed by atoms with Gasteiger partial charge in [0.2, 0.25) is 0 Å². The molecule has 0 amide bonds. The number of anilines is 1. The number of carboxylic acid groups (broad SMARTS) is 1. The van der Waals surface area contributed by atoms with Gasteiger partial charge in [-0.2, -0.15) is 0 Å². The first-order valence-corrected chi connectivity index (χ1v) is 7.84. The summed E-state index contributed by atoms with van der Waals surface area (Å²) in [4.78, 5) is 18.0. The lowest BCUT2D eigenvalue weighted by atomic mass is 10.1. The molecule has 1 unspecified atom stereocenters. The van der Waals surface area contributed by atoms with Gasteiger partial charge in [-0.25, -0.2) is 4.98 Å². The monoisotopic (exact) mass is 294 g/mol. The highest BCUT2D eigenvalue weighted by atomic mass is 32.1. The Morgan fingerprint density at radius 3 is 3.16 bits per heavy atom. The minimum absolute atomic E-state index is 0.412. The highest BCUT2D eigenvalue weighted by Gasteiger charge is 2.32. The number of nitrogens with one attached hydrogen (secondary N) is 1. The highest BCUT2D eigenvalue weighted by molar-refractivity contribution is 7.15. The van der Waals surface area contributed by atoms with E-state index in [1.165, 1.54) is 10.4 Å². The molecule has 0 saturated heterocycles. The standard InChI is InChI=1S/C13H14N2O2S2/c1-7-4-5-18-10(7)6-14-13-15-11-8(12(16)17)2-3-9(11)19-13/h4-5,8H,2-3,6H2,1H3,(H,14,15)(H,16,17). The smallest absolute Gasteiger partial charge is 0.312 e. The van der Waals surface area contributed by atoms with Crippen molar-refractivity contribution in [2.45, 2.75) is 32.2 Å². The van der Waals surface area contributed by atoms with Gasteiger partial charge in [-0.15, -0.1) is 22.7 Å². The third kappa shape index (κ3) is 2.37. The van der Waals surface area contributed by atoms with Crippen LogP contribution in [-0.2, 0) is 17.8 Å². The minimum Gasteiger partial charge on any atom is -0.481 e. The number of thiazole rings is 1. The summed E-state index contributed by atoms with van der Waals surface area (Å²) in [6.07, 6.45) is 1.53.